The van der Waals surface area contributed by atoms with Gasteiger partial charge in [0.25, 0.3) is 0 Å². The monoisotopic (exact) mass is 440 g/mol. The highest BCUT2D eigenvalue weighted by atomic mass is 16.6. The molecule has 7 N–H and O–H groups in total. The van der Waals surface area contributed by atoms with Crippen LogP contribution in [0.4, 0.5) is 0 Å². The maximum atomic E-state index is 10.7. The first-order valence-electron chi connectivity index (χ1n) is 10.4. The van der Waals surface area contributed by atoms with E-state index >= 15 is 0 Å². The Bertz CT molecular complexity index is 496. The number of hydrogen-bond donors (Lipinski definition) is 7. The van der Waals surface area contributed by atoms with E-state index in [1.165, 1.54) is 0 Å². The Labute approximate surface area is 178 Å². The second-order valence-electron chi connectivity index (χ2n) is 9.33. The summed E-state index contributed by atoms with van der Waals surface area (Å²) in [5.74, 6) is -0.952. The van der Waals surface area contributed by atoms with Crippen LogP contribution in [0, 0.1) is 11.8 Å². The number of aliphatic hydroxyl groups excluding tert-OH is 7. The highest BCUT2D eigenvalue weighted by Crippen LogP contribution is 2.30. The van der Waals surface area contributed by atoms with Gasteiger partial charge in [-0.1, -0.05) is 20.8 Å². The molecule has 1 aliphatic heterocycles. The molecule has 10 atom stereocenters. The van der Waals surface area contributed by atoms with Crippen LogP contribution in [0.25, 0.3) is 0 Å². The smallest absolute Gasteiger partial charge is 0.184 e. The highest BCUT2D eigenvalue weighted by molar-refractivity contribution is 4.95. The Morgan fingerprint density at radius 3 is 1.97 bits per heavy atom. The molecule has 0 saturated carbocycles. The molecule has 0 bridgehead atoms. The summed E-state index contributed by atoms with van der Waals surface area (Å²) in [7, 11) is 0. The second kappa shape index (κ2) is 11.5. The number of aliphatic hydroxyl groups is 7. The lowest BCUT2D eigenvalue weighted by atomic mass is 9.89. The van der Waals surface area contributed by atoms with Gasteiger partial charge in [0.15, 0.2) is 6.29 Å². The van der Waals surface area contributed by atoms with E-state index in [-0.39, 0.29) is 5.92 Å². The van der Waals surface area contributed by atoms with Gasteiger partial charge in [0.2, 0.25) is 0 Å². The summed E-state index contributed by atoms with van der Waals surface area (Å²) in [6.07, 6.45) is -11.9. The van der Waals surface area contributed by atoms with Crippen molar-refractivity contribution in [3.8, 4) is 0 Å². The van der Waals surface area contributed by atoms with Crippen LogP contribution in [0.15, 0.2) is 0 Å². The molecule has 0 aliphatic carbocycles. The predicted octanol–water partition coefficient (Wildman–Crippen LogP) is -1.64. The Kier molecular flexibility index (Phi) is 10.6. The van der Waals surface area contributed by atoms with Gasteiger partial charge in [0.1, 0.15) is 30.5 Å². The molecular weight excluding hydrogens is 400 g/mol. The minimum atomic E-state index is -1.90. The molecule has 10 heteroatoms. The van der Waals surface area contributed by atoms with Crippen LogP contribution < -0.4 is 0 Å². The van der Waals surface area contributed by atoms with Gasteiger partial charge in [-0.2, -0.15) is 0 Å². The SMILES string of the molecule is CC(C)C1OC(CO)C(O)C(OC(O)C(O)C(OC(C)(C)C)C(C)C(O)CO)C1O. The molecule has 0 spiro atoms. The van der Waals surface area contributed by atoms with Crippen LogP contribution in [0.2, 0.25) is 0 Å². The molecular formula is C20H40O10. The first-order valence-corrected chi connectivity index (χ1v) is 10.4. The fourth-order valence-electron chi connectivity index (χ4n) is 3.51. The third kappa shape index (κ3) is 7.06. The molecule has 180 valence electrons. The molecule has 0 aromatic heterocycles. The van der Waals surface area contributed by atoms with Crippen LogP contribution >= 0.6 is 0 Å². The standard InChI is InChI=1S/C20H40O10/c1-9(2)16-14(25)18(13(24)12(8-22)28-16)29-19(27)15(26)17(30-20(4,5)6)10(3)11(23)7-21/h9-19,21-27H,7-8H2,1-6H3. The lowest BCUT2D eigenvalue weighted by molar-refractivity contribution is -0.303. The molecule has 10 unspecified atom stereocenters. The van der Waals surface area contributed by atoms with E-state index < -0.39 is 79.9 Å². The number of rotatable bonds is 10. The molecule has 10 nitrogen and oxygen atoms in total. The average molecular weight is 441 g/mol. The molecule has 1 heterocycles. The van der Waals surface area contributed by atoms with E-state index in [4.69, 9.17) is 14.2 Å². The lowest BCUT2D eigenvalue weighted by Crippen LogP contribution is -2.62. The van der Waals surface area contributed by atoms with Gasteiger partial charge >= 0.3 is 0 Å². The summed E-state index contributed by atoms with van der Waals surface area (Å²) in [5, 5.41) is 71.0. The van der Waals surface area contributed by atoms with Crippen molar-refractivity contribution >= 4 is 0 Å². The van der Waals surface area contributed by atoms with Gasteiger partial charge in [-0.25, -0.2) is 0 Å². The summed E-state index contributed by atoms with van der Waals surface area (Å²) in [5.41, 5.74) is -0.753. The van der Waals surface area contributed by atoms with E-state index in [2.05, 4.69) is 0 Å². The van der Waals surface area contributed by atoms with E-state index in [0.29, 0.717) is 0 Å². The highest BCUT2D eigenvalue weighted by Gasteiger charge is 2.48. The van der Waals surface area contributed by atoms with Gasteiger partial charge < -0.3 is 50.0 Å². The summed E-state index contributed by atoms with van der Waals surface area (Å²) in [6.45, 7) is 9.20. The van der Waals surface area contributed by atoms with Gasteiger partial charge in [0, 0.05) is 5.92 Å². The zero-order chi connectivity index (χ0) is 23.4. The zero-order valence-electron chi connectivity index (χ0n) is 18.6. The maximum absolute atomic E-state index is 10.7. The molecule has 1 aliphatic rings. The number of ether oxygens (including phenoxy) is 3. The van der Waals surface area contributed by atoms with Gasteiger partial charge in [-0.3, -0.25) is 0 Å². The molecule has 1 fully saturated rings. The van der Waals surface area contributed by atoms with Crippen LogP contribution in [0.5, 0.6) is 0 Å². The molecule has 30 heavy (non-hydrogen) atoms. The third-order valence-electron chi connectivity index (χ3n) is 5.29. The first kappa shape index (κ1) is 27.6. The summed E-state index contributed by atoms with van der Waals surface area (Å²) in [6, 6.07) is 0. The topological polar surface area (TPSA) is 169 Å². The van der Waals surface area contributed by atoms with Crippen LogP contribution in [-0.2, 0) is 14.2 Å². The quantitative estimate of drug-likeness (QED) is 0.196. The van der Waals surface area contributed by atoms with Crippen molar-refractivity contribution < 1.29 is 50.0 Å². The minimum Gasteiger partial charge on any atom is -0.394 e. The minimum absolute atomic E-state index is 0.175. The maximum Gasteiger partial charge on any atom is 0.184 e. The van der Waals surface area contributed by atoms with Crippen molar-refractivity contribution in [2.45, 2.75) is 102 Å². The van der Waals surface area contributed by atoms with Crippen molar-refractivity contribution in [3.63, 3.8) is 0 Å². The Morgan fingerprint density at radius 2 is 1.53 bits per heavy atom. The fraction of sp³-hybridized carbons (Fsp3) is 1.00. The first-order chi connectivity index (χ1) is 13.7. The van der Waals surface area contributed by atoms with E-state index in [1.54, 1.807) is 41.5 Å². The van der Waals surface area contributed by atoms with E-state index in [9.17, 15) is 35.7 Å². The zero-order valence-corrected chi connectivity index (χ0v) is 18.6. The second-order valence-corrected chi connectivity index (χ2v) is 9.33. The van der Waals surface area contributed by atoms with Crippen molar-refractivity contribution in [1.82, 2.24) is 0 Å². The summed E-state index contributed by atoms with van der Waals surface area (Å²) < 4.78 is 16.8. The van der Waals surface area contributed by atoms with E-state index in [0.717, 1.165) is 0 Å². The fourth-order valence-corrected chi connectivity index (χ4v) is 3.51. The van der Waals surface area contributed by atoms with Crippen LogP contribution in [0.3, 0.4) is 0 Å². The molecule has 0 amide bonds. The molecule has 0 aromatic rings. The Morgan fingerprint density at radius 1 is 0.967 bits per heavy atom. The molecule has 0 radical (unpaired) electrons. The lowest BCUT2D eigenvalue weighted by Gasteiger charge is -2.45. The van der Waals surface area contributed by atoms with Crippen molar-refractivity contribution in [2.75, 3.05) is 13.2 Å². The Hall–Kier alpha value is -0.400. The third-order valence-corrected chi connectivity index (χ3v) is 5.29. The number of hydrogen-bond acceptors (Lipinski definition) is 10. The van der Waals surface area contributed by atoms with Crippen molar-refractivity contribution in [1.29, 1.82) is 0 Å². The molecule has 1 rings (SSSR count). The normalized spacial score (nSPS) is 33.2. The Balaban J connectivity index is 3.05. The van der Waals surface area contributed by atoms with Gasteiger partial charge in [-0.05, 0) is 26.7 Å². The largest absolute Gasteiger partial charge is 0.394 e. The van der Waals surface area contributed by atoms with Crippen LogP contribution in [-0.4, -0.2) is 110 Å². The summed E-state index contributed by atoms with van der Waals surface area (Å²) >= 11 is 0. The van der Waals surface area contributed by atoms with Crippen molar-refractivity contribution in [2.24, 2.45) is 11.8 Å². The van der Waals surface area contributed by atoms with Crippen LogP contribution in [0.1, 0.15) is 41.5 Å². The van der Waals surface area contributed by atoms with Crippen molar-refractivity contribution in [3.05, 3.63) is 0 Å². The van der Waals surface area contributed by atoms with E-state index in [1.807, 2.05) is 0 Å². The predicted molar refractivity (Wildman–Crippen MR) is 106 cm³/mol. The molecule has 0 aromatic carbocycles. The molecule has 1 saturated heterocycles. The van der Waals surface area contributed by atoms with Gasteiger partial charge in [-0.15, -0.1) is 0 Å². The summed E-state index contributed by atoms with van der Waals surface area (Å²) in [4.78, 5) is 0. The van der Waals surface area contributed by atoms with Gasteiger partial charge in [0.05, 0.1) is 37.1 Å². The average Bonchev–Trinajstić information content (AvgIpc) is 2.66.